The van der Waals surface area contributed by atoms with Gasteiger partial charge in [-0.2, -0.15) is 0 Å². The van der Waals surface area contributed by atoms with E-state index in [1.165, 1.54) is 0 Å². The minimum Gasteiger partial charge on any atom is -0.319 e. The van der Waals surface area contributed by atoms with Gasteiger partial charge in [-0.1, -0.05) is 0 Å². The molecule has 0 aromatic carbocycles. The number of hydrogen-bond donors (Lipinski definition) is 2. The summed E-state index contributed by atoms with van der Waals surface area (Å²) in [7, 11) is 3.71. The third-order valence-corrected chi connectivity index (χ3v) is 1.31. The molecule has 0 fully saturated rings. The molecule has 0 aromatic heterocycles. The zero-order chi connectivity index (χ0) is 7.82. The minimum absolute atomic E-state index is 0.323. The van der Waals surface area contributed by atoms with E-state index in [-0.39, 0.29) is 0 Å². The maximum absolute atomic E-state index is 10.9. The standard InChI is InChI=1S/C7H16N2O/c1-8-5-3-7(10)4-6-9-2/h8-9H,3-6H2,1-2H3. The number of nitrogens with one attached hydrogen (secondary N) is 2. The molecule has 0 saturated heterocycles. The largest absolute Gasteiger partial charge is 0.319 e. The van der Waals surface area contributed by atoms with E-state index in [4.69, 9.17) is 0 Å². The van der Waals surface area contributed by atoms with Crippen LogP contribution >= 0.6 is 0 Å². The Morgan fingerprint density at radius 3 is 1.80 bits per heavy atom. The molecule has 3 heteroatoms. The first-order valence-corrected chi connectivity index (χ1v) is 3.62. The predicted octanol–water partition coefficient (Wildman–Crippen LogP) is -0.226. The van der Waals surface area contributed by atoms with Crippen molar-refractivity contribution in [1.82, 2.24) is 10.6 Å². The summed E-state index contributed by atoms with van der Waals surface area (Å²) in [5, 5.41) is 5.87. The van der Waals surface area contributed by atoms with E-state index in [1.54, 1.807) is 0 Å². The highest BCUT2D eigenvalue weighted by atomic mass is 16.1. The quantitative estimate of drug-likeness (QED) is 0.541. The molecular weight excluding hydrogens is 128 g/mol. The van der Waals surface area contributed by atoms with Crippen LogP contribution in [0.4, 0.5) is 0 Å². The summed E-state index contributed by atoms with van der Waals surface area (Å²) in [6, 6.07) is 0. The van der Waals surface area contributed by atoms with Gasteiger partial charge in [0.25, 0.3) is 0 Å². The van der Waals surface area contributed by atoms with E-state index in [0.29, 0.717) is 18.6 Å². The van der Waals surface area contributed by atoms with Gasteiger partial charge in [-0.15, -0.1) is 0 Å². The minimum atomic E-state index is 0.323. The zero-order valence-electron chi connectivity index (χ0n) is 6.74. The van der Waals surface area contributed by atoms with E-state index >= 15 is 0 Å². The Bertz CT molecular complexity index is 83.6. The molecule has 3 nitrogen and oxygen atoms in total. The first kappa shape index (κ1) is 9.59. The molecule has 0 unspecified atom stereocenters. The lowest BCUT2D eigenvalue weighted by molar-refractivity contribution is -0.118. The predicted molar refractivity (Wildman–Crippen MR) is 42.1 cm³/mol. The number of hydrogen-bond acceptors (Lipinski definition) is 3. The van der Waals surface area contributed by atoms with Crippen molar-refractivity contribution in [2.45, 2.75) is 12.8 Å². The Hall–Kier alpha value is -0.410. The Kier molecular flexibility index (Phi) is 6.43. The molecule has 0 aliphatic heterocycles. The van der Waals surface area contributed by atoms with Crippen LogP contribution in [0.1, 0.15) is 12.8 Å². The number of carbonyl (C=O) groups is 1. The fourth-order valence-corrected chi connectivity index (χ4v) is 0.654. The second-order valence-electron chi connectivity index (χ2n) is 2.25. The first-order chi connectivity index (χ1) is 4.81. The van der Waals surface area contributed by atoms with Gasteiger partial charge in [-0.25, -0.2) is 0 Å². The summed E-state index contributed by atoms with van der Waals surface area (Å²) < 4.78 is 0. The van der Waals surface area contributed by atoms with Gasteiger partial charge >= 0.3 is 0 Å². The molecule has 2 N–H and O–H groups in total. The maximum Gasteiger partial charge on any atom is 0.135 e. The maximum atomic E-state index is 10.9. The van der Waals surface area contributed by atoms with Crippen molar-refractivity contribution in [3.8, 4) is 0 Å². The van der Waals surface area contributed by atoms with Crippen molar-refractivity contribution in [3.05, 3.63) is 0 Å². The normalized spacial score (nSPS) is 9.80. The topological polar surface area (TPSA) is 41.1 Å². The van der Waals surface area contributed by atoms with Crippen LogP contribution in [0.5, 0.6) is 0 Å². The van der Waals surface area contributed by atoms with Crippen molar-refractivity contribution in [1.29, 1.82) is 0 Å². The monoisotopic (exact) mass is 144 g/mol. The highest BCUT2D eigenvalue weighted by Gasteiger charge is 1.97. The van der Waals surface area contributed by atoms with Crippen LogP contribution in [-0.2, 0) is 4.79 Å². The van der Waals surface area contributed by atoms with Gasteiger partial charge in [0.2, 0.25) is 0 Å². The van der Waals surface area contributed by atoms with Crippen molar-refractivity contribution >= 4 is 5.78 Å². The molecule has 0 aliphatic rings. The fourth-order valence-electron chi connectivity index (χ4n) is 0.654. The molecular formula is C7H16N2O. The van der Waals surface area contributed by atoms with Crippen LogP contribution in [0.25, 0.3) is 0 Å². The van der Waals surface area contributed by atoms with Gasteiger partial charge in [0.15, 0.2) is 0 Å². The SMILES string of the molecule is CNCCC(=O)CCNC. The summed E-state index contributed by atoms with van der Waals surface area (Å²) in [5.74, 6) is 0.323. The first-order valence-electron chi connectivity index (χ1n) is 3.62. The Balaban J connectivity index is 3.09. The number of ketones is 1. The average Bonchev–Trinajstić information content (AvgIpc) is 1.97. The lowest BCUT2D eigenvalue weighted by Gasteiger charge is -1.98. The highest BCUT2D eigenvalue weighted by Crippen LogP contribution is 1.85. The number of carbonyl (C=O) groups excluding carboxylic acids is 1. The van der Waals surface area contributed by atoms with Gasteiger partial charge in [0.1, 0.15) is 5.78 Å². The van der Waals surface area contributed by atoms with Gasteiger partial charge in [0, 0.05) is 25.9 Å². The fraction of sp³-hybridized carbons (Fsp3) is 0.857. The van der Waals surface area contributed by atoms with E-state index in [0.717, 1.165) is 13.1 Å². The molecule has 0 radical (unpaired) electrons. The van der Waals surface area contributed by atoms with Crippen molar-refractivity contribution in [2.75, 3.05) is 27.2 Å². The van der Waals surface area contributed by atoms with Gasteiger partial charge < -0.3 is 10.6 Å². The molecule has 0 spiro atoms. The number of rotatable bonds is 6. The highest BCUT2D eigenvalue weighted by molar-refractivity contribution is 5.78. The smallest absolute Gasteiger partial charge is 0.135 e. The Morgan fingerprint density at radius 1 is 1.10 bits per heavy atom. The molecule has 0 aromatic rings. The van der Waals surface area contributed by atoms with Crippen molar-refractivity contribution in [2.24, 2.45) is 0 Å². The lowest BCUT2D eigenvalue weighted by atomic mass is 10.2. The zero-order valence-corrected chi connectivity index (χ0v) is 6.74. The molecule has 10 heavy (non-hydrogen) atoms. The molecule has 0 aliphatic carbocycles. The van der Waals surface area contributed by atoms with Crippen LogP contribution < -0.4 is 10.6 Å². The molecule has 0 heterocycles. The van der Waals surface area contributed by atoms with Crippen molar-refractivity contribution in [3.63, 3.8) is 0 Å². The second-order valence-corrected chi connectivity index (χ2v) is 2.25. The summed E-state index contributed by atoms with van der Waals surface area (Å²) in [5.41, 5.74) is 0. The van der Waals surface area contributed by atoms with Crippen LogP contribution in [0.3, 0.4) is 0 Å². The summed E-state index contributed by atoms with van der Waals surface area (Å²) in [4.78, 5) is 10.9. The molecule has 60 valence electrons. The lowest BCUT2D eigenvalue weighted by Crippen LogP contribution is -2.17. The molecule has 0 atom stereocenters. The third-order valence-electron chi connectivity index (χ3n) is 1.31. The Labute approximate surface area is 62.2 Å². The molecule has 0 rings (SSSR count). The van der Waals surface area contributed by atoms with Gasteiger partial charge in [0.05, 0.1) is 0 Å². The summed E-state index contributed by atoms with van der Waals surface area (Å²) in [6.45, 7) is 1.59. The summed E-state index contributed by atoms with van der Waals surface area (Å²) in [6.07, 6.45) is 1.30. The second kappa shape index (κ2) is 6.71. The van der Waals surface area contributed by atoms with E-state index in [2.05, 4.69) is 10.6 Å². The Morgan fingerprint density at radius 2 is 1.50 bits per heavy atom. The molecule has 0 bridgehead atoms. The van der Waals surface area contributed by atoms with E-state index in [9.17, 15) is 4.79 Å². The van der Waals surface area contributed by atoms with Crippen LogP contribution in [0.2, 0.25) is 0 Å². The van der Waals surface area contributed by atoms with Gasteiger partial charge in [-0.3, -0.25) is 4.79 Å². The number of Topliss-reactive ketones (excluding diaryl/α,β-unsaturated/α-hetero) is 1. The van der Waals surface area contributed by atoms with Crippen LogP contribution in [0, 0.1) is 0 Å². The van der Waals surface area contributed by atoms with Crippen LogP contribution in [0.15, 0.2) is 0 Å². The average molecular weight is 144 g/mol. The summed E-state index contributed by atoms with van der Waals surface area (Å²) >= 11 is 0. The molecule has 0 saturated carbocycles. The van der Waals surface area contributed by atoms with Crippen LogP contribution in [-0.4, -0.2) is 33.0 Å². The van der Waals surface area contributed by atoms with Gasteiger partial charge in [-0.05, 0) is 14.1 Å². The van der Waals surface area contributed by atoms with Crippen molar-refractivity contribution < 1.29 is 4.79 Å². The van der Waals surface area contributed by atoms with E-state index in [1.807, 2.05) is 14.1 Å². The molecule has 0 amide bonds. The third kappa shape index (κ3) is 5.72. The van der Waals surface area contributed by atoms with E-state index < -0.39 is 0 Å².